The van der Waals surface area contributed by atoms with E-state index < -0.39 is 10.6 Å². The van der Waals surface area contributed by atoms with Crippen molar-refractivity contribution in [3.8, 4) is 45.3 Å². The van der Waals surface area contributed by atoms with Crippen molar-refractivity contribution >= 4 is 106 Å². The molecule has 8 aromatic rings. The van der Waals surface area contributed by atoms with Crippen LogP contribution in [0.1, 0.15) is 126 Å². The van der Waals surface area contributed by atoms with Gasteiger partial charge in [0.2, 0.25) is 11.8 Å². The molecular formula is C76H85N9O13S3. The Morgan fingerprint density at radius 2 is 1.01 bits per heavy atom. The number of amides is 6. The summed E-state index contributed by atoms with van der Waals surface area (Å²) in [5.74, 6) is 1.29. The smallest absolute Gasteiger partial charge is 0.425 e. The lowest BCUT2D eigenvalue weighted by molar-refractivity contribution is -0.117. The highest BCUT2D eigenvalue weighted by atomic mass is 32.2. The SMILES string of the molecule is C.COc1cc2c(cc1OCCCC(=O)Nc1ccc(-c3cc(C(=O)NCC(C)(C)S)n(C)c3)cc1)CC[C@@H]1Cc3ccccc3N1C2=O.COc1cc2c(cc1OCCCC(=O)Nc1ccc(-c3cc(C(=O)NCC(C)(C)S)n(C)c3)cc1)N=C[C@@H]1Cc3ccccc3N1C2=O.O=S(=O)=O. The van der Waals surface area contributed by atoms with E-state index in [0.717, 1.165) is 70.4 Å². The fraction of sp³-hybridized carbons (Fsp3) is 0.329. The zero-order valence-corrected chi connectivity index (χ0v) is 59.5. The number of aliphatic imine (C=N–C) groups is 1. The van der Waals surface area contributed by atoms with Crippen LogP contribution in [0.3, 0.4) is 0 Å². The van der Waals surface area contributed by atoms with Gasteiger partial charge in [0, 0.05) is 126 Å². The fourth-order valence-corrected chi connectivity index (χ4v) is 12.5. The predicted octanol–water partition coefficient (Wildman–Crippen LogP) is 12.3. The van der Waals surface area contributed by atoms with E-state index in [9.17, 15) is 28.8 Å². The Labute approximate surface area is 601 Å². The monoisotopic (exact) mass is 1430 g/mol. The summed E-state index contributed by atoms with van der Waals surface area (Å²) >= 11 is 8.94. The number of hydrogen-bond donors (Lipinski definition) is 6. The number of carbonyl (C=O) groups excluding carboxylic acids is 6. The number of benzene rings is 6. The van der Waals surface area contributed by atoms with Crippen LogP contribution in [0.4, 0.5) is 28.4 Å². The minimum absolute atomic E-state index is 0. The van der Waals surface area contributed by atoms with Crippen molar-refractivity contribution in [2.24, 2.45) is 19.1 Å². The predicted molar refractivity (Wildman–Crippen MR) is 400 cm³/mol. The zero-order valence-electron chi connectivity index (χ0n) is 56.9. The minimum atomic E-state index is -3.11. The van der Waals surface area contributed by atoms with Gasteiger partial charge in [-0.05, 0) is 154 Å². The normalized spacial score (nSPS) is 14.6. The van der Waals surface area contributed by atoms with Crippen LogP contribution in [0, 0.1) is 0 Å². The number of aryl methyl sites for hydroxylation is 3. The van der Waals surface area contributed by atoms with E-state index in [-0.39, 0.29) is 83.9 Å². The lowest BCUT2D eigenvalue weighted by Crippen LogP contribution is -2.37. The summed E-state index contributed by atoms with van der Waals surface area (Å²) < 4.78 is 51.6. The highest BCUT2D eigenvalue weighted by molar-refractivity contribution is 7.82. The van der Waals surface area contributed by atoms with Gasteiger partial charge in [0.15, 0.2) is 23.0 Å². The molecule has 12 rings (SSSR count). The molecule has 0 saturated heterocycles. The molecule has 0 bridgehead atoms. The van der Waals surface area contributed by atoms with Gasteiger partial charge in [-0.3, -0.25) is 38.7 Å². The molecule has 0 aliphatic carbocycles. The second-order valence-electron chi connectivity index (χ2n) is 26.0. The summed E-state index contributed by atoms with van der Waals surface area (Å²) in [5, 5.41) is 11.7. The topological polar surface area (TPSA) is 267 Å². The molecule has 4 N–H and O–H groups in total. The molecule has 25 heteroatoms. The molecule has 0 fully saturated rings. The minimum Gasteiger partial charge on any atom is -0.493 e. The van der Waals surface area contributed by atoms with Crippen molar-refractivity contribution in [2.75, 3.05) is 61.0 Å². The van der Waals surface area contributed by atoms with E-state index in [0.29, 0.717) is 95.1 Å². The van der Waals surface area contributed by atoms with E-state index in [1.807, 2.05) is 174 Å². The molecule has 22 nitrogen and oxygen atoms in total. The summed E-state index contributed by atoms with van der Waals surface area (Å²) in [4.78, 5) is 86.4. The first-order valence-corrected chi connectivity index (χ1v) is 34.6. The molecule has 2 aromatic heterocycles. The molecule has 6 aromatic carbocycles. The second-order valence-corrected chi connectivity index (χ2v) is 28.9. The molecule has 4 aliphatic heterocycles. The first-order valence-electron chi connectivity index (χ1n) is 32.7. The Hall–Kier alpha value is -10.1. The summed E-state index contributed by atoms with van der Waals surface area (Å²) in [7, 11) is 3.67. The number of thiol groups is 2. The van der Waals surface area contributed by atoms with Gasteiger partial charge >= 0.3 is 10.6 Å². The van der Waals surface area contributed by atoms with Gasteiger partial charge in [-0.15, -0.1) is 12.6 Å². The van der Waals surface area contributed by atoms with Crippen LogP contribution in [-0.4, -0.2) is 126 Å². The molecule has 4 aliphatic rings. The molecule has 6 amide bonds. The number of ether oxygens (including phenoxy) is 4. The number of nitrogens with zero attached hydrogens (tertiary/aromatic N) is 5. The zero-order chi connectivity index (χ0) is 71.6. The van der Waals surface area contributed by atoms with Crippen molar-refractivity contribution in [1.82, 2.24) is 19.8 Å². The summed E-state index contributed by atoms with van der Waals surface area (Å²) in [5.41, 5.74) is 13.0. The maximum Gasteiger partial charge on any atom is 0.425 e. The Morgan fingerprint density at radius 3 is 1.50 bits per heavy atom. The number of rotatable bonds is 22. The van der Waals surface area contributed by atoms with Gasteiger partial charge in [-0.2, -0.15) is 25.3 Å². The number of nitrogens with one attached hydrogen (secondary N) is 4. The van der Waals surface area contributed by atoms with Gasteiger partial charge in [0.05, 0.1) is 44.7 Å². The molecule has 2 atom stereocenters. The van der Waals surface area contributed by atoms with Crippen LogP contribution in [0.25, 0.3) is 22.3 Å². The maximum atomic E-state index is 13.7. The van der Waals surface area contributed by atoms with E-state index >= 15 is 0 Å². The Morgan fingerprint density at radius 1 is 0.564 bits per heavy atom. The Kier molecular flexibility index (Phi) is 24.5. The Bertz CT molecular complexity index is 4530. The number of carbonyl (C=O) groups is 6. The number of anilines is 4. The van der Waals surface area contributed by atoms with Gasteiger partial charge in [-0.1, -0.05) is 68.1 Å². The third-order valence-corrected chi connectivity index (χ3v) is 17.6. The number of methoxy groups -OCH3 is 2. The van der Waals surface area contributed by atoms with Gasteiger partial charge in [0.1, 0.15) is 11.4 Å². The third kappa shape index (κ3) is 18.9. The molecule has 101 heavy (non-hydrogen) atoms. The van der Waals surface area contributed by atoms with Crippen molar-refractivity contribution < 1.29 is 60.3 Å². The average molecular weight is 1430 g/mol. The number of hydrogen-bond acceptors (Lipinski definition) is 16. The van der Waals surface area contributed by atoms with Crippen molar-refractivity contribution in [3.05, 3.63) is 185 Å². The van der Waals surface area contributed by atoms with Crippen LogP contribution in [0.2, 0.25) is 0 Å². The average Bonchev–Trinajstić information content (AvgIpc) is 1.64. The van der Waals surface area contributed by atoms with E-state index in [1.165, 1.54) is 12.7 Å². The number of para-hydroxylation sites is 2. The molecule has 530 valence electrons. The van der Waals surface area contributed by atoms with Crippen molar-refractivity contribution in [2.45, 2.75) is 108 Å². The van der Waals surface area contributed by atoms with Crippen LogP contribution >= 0.6 is 25.3 Å². The standard InChI is InChI=1S/C38H42N4O5S.C37H39N5O5S.CH4.O3S/c1-38(2,48)23-39-36(44)32-19-27(22-41(32)3)24-11-14-28(15-12-24)40-35(43)10-7-17-47-34-20-25-13-16-29-18-26-8-5-6-9-31(26)42(29)37(45)30(25)21-33(34)46-4;1-37(2,48)22-39-35(44)31-17-25(21-41(31)3)23-11-13-26(14-12-23)40-34(43)10-7-15-47-33-19-29-28(18-32(33)46-4)36(45)42-27(20-38-29)16-24-8-5-6-9-30(24)42;;1-4(2)3/h5-6,8-9,11-12,14-15,19-22,29,48H,7,10,13,16-18,23H2,1-4H3,(H,39,44)(H,40,43);5-6,8-9,11-14,17-21,27,48H,7,10,15-16,22H2,1-4H3,(H,39,44)(H,40,43);1H4;/t29-;27-;;/m10../s1. The lowest BCUT2D eigenvalue weighted by atomic mass is 9.99. The van der Waals surface area contributed by atoms with Crippen LogP contribution in [0.15, 0.2) is 151 Å². The molecule has 0 unspecified atom stereocenters. The summed E-state index contributed by atoms with van der Waals surface area (Å²) in [6, 6.07) is 41.9. The first kappa shape index (κ1) is 75.1. The summed E-state index contributed by atoms with van der Waals surface area (Å²) in [6.07, 6.45) is 10.4. The third-order valence-electron chi connectivity index (χ3n) is 17.2. The van der Waals surface area contributed by atoms with Crippen LogP contribution < -0.4 is 50.0 Å². The number of aromatic nitrogens is 2. The van der Waals surface area contributed by atoms with E-state index in [2.05, 4.69) is 57.6 Å². The van der Waals surface area contributed by atoms with E-state index in [4.69, 9.17) is 31.6 Å². The van der Waals surface area contributed by atoms with Crippen LogP contribution in [-0.2, 0) is 53.6 Å². The highest BCUT2D eigenvalue weighted by Crippen LogP contribution is 2.43. The van der Waals surface area contributed by atoms with E-state index in [1.54, 1.807) is 39.3 Å². The second kappa shape index (κ2) is 32.9. The quantitative estimate of drug-likeness (QED) is 0.0273. The lowest BCUT2D eigenvalue weighted by Gasteiger charge is -2.23. The largest absolute Gasteiger partial charge is 0.493 e. The fourth-order valence-electron chi connectivity index (χ4n) is 12.3. The molecule has 0 saturated carbocycles. The number of fused-ring (bicyclic) bond motifs is 8. The van der Waals surface area contributed by atoms with Gasteiger partial charge in [-0.25, -0.2) is 0 Å². The molecular weight excluding hydrogens is 1340 g/mol. The van der Waals surface area contributed by atoms with Crippen molar-refractivity contribution in [1.29, 1.82) is 0 Å². The molecule has 0 radical (unpaired) electrons. The van der Waals surface area contributed by atoms with Gasteiger partial charge in [0.25, 0.3) is 23.6 Å². The van der Waals surface area contributed by atoms with Crippen molar-refractivity contribution in [3.63, 3.8) is 0 Å². The van der Waals surface area contributed by atoms with Crippen LogP contribution in [0.5, 0.6) is 23.0 Å². The Balaban J connectivity index is 0.000000221. The molecule has 6 heterocycles. The van der Waals surface area contributed by atoms with Gasteiger partial charge < -0.3 is 54.2 Å². The first-order chi connectivity index (χ1) is 47.7. The maximum absolute atomic E-state index is 13.7. The highest BCUT2D eigenvalue weighted by Gasteiger charge is 2.39. The molecule has 0 spiro atoms. The summed E-state index contributed by atoms with van der Waals surface area (Å²) in [6.45, 7) is 9.28.